The molecule has 0 saturated carbocycles. The number of unbranched alkanes of at least 4 members (excludes halogenated alkanes) is 4. The van der Waals surface area contributed by atoms with Crippen molar-refractivity contribution in [3.8, 4) is 12.1 Å². The first-order valence-corrected chi connectivity index (χ1v) is 18.3. The van der Waals surface area contributed by atoms with E-state index in [4.69, 9.17) is 39.4 Å². The molecule has 2 rings (SSSR count). The Labute approximate surface area is 316 Å². The minimum Gasteiger partial charge on any atom is -0.459 e. The highest BCUT2D eigenvalue weighted by atomic mass is 16.6. The van der Waals surface area contributed by atoms with E-state index in [1.54, 1.807) is 0 Å². The van der Waals surface area contributed by atoms with Gasteiger partial charge in [-0.25, -0.2) is 19.2 Å². The van der Waals surface area contributed by atoms with E-state index in [0.29, 0.717) is 31.5 Å². The van der Waals surface area contributed by atoms with Crippen LogP contribution in [0.4, 0.5) is 0 Å². The lowest BCUT2D eigenvalue weighted by Gasteiger charge is -2.34. The maximum Gasteiger partial charge on any atom is 0.345 e. The standard InChI is InChI=1S/C39H55N3O12/c1-38(2)20-26(29(24-40)27(21-38)32(34(47)51-16-12-43)35(48)52-17-13-44)10-8-6-5-7-9-11-42-31-23-39(3,4)22-28(30(31)25-41)33(36(49)53-18-14-45)37(50)54-19-15-46/h42-46H,5-23H2,1-4H3. The first-order chi connectivity index (χ1) is 25.7. The lowest BCUT2D eigenvalue weighted by molar-refractivity contribution is -0.150. The lowest BCUT2D eigenvalue weighted by Crippen LogP contribution is -2.31. The van der Waals surface area contributed by atoms with Crippen molar-refractivity contribution in [2.24, 2.45) is 10.8 Å². The number of allylic oxidation sites excluding steroid dienone is 6. The zero-order valence-corrected chi connectivity index (χ0v) is 31.9. The Morgan fingerprint density at radius 2 is 0.981 bits per heavy atom. The van der Waals surface area contributed by atoms with Crippen LogP contribution in [0.1, 0.15) is 91.9 Å². The average Bonchev–Trinajstić information content (AvgIpc) is 3.11. The number of aliphatic hydroxyl groups is 4. The molecular formula is C39H55N3O12. The molecular weight excluding hydrogens is 702 g/mol. The fraction of sp³-hybridized carbons (Fsp3) is 0.641. The topological polar surface area (TPSA) is 246 Å². The van der Waals surface area contributed by atoms with Gasteiger partial charge >= 0.3 is 23.9 Å². The van der Waals surface area contributed by atoms with E-state index in [1.807, 2.05) is 27.7 Å². The number of carbonyl (C=O) groups is 4. The first kappa shape index (κ1) is 45.6. The van der Waals surface area contributed by atoms with Crippen LogP contribution in [0.3, 0.4) is 0 Å². The second-order valence-corrected chi connectivity index (χ2v) is 14.7. The van der Waals surface area contributed by atoms with Crippen LogP contribution >= 0.6 is 0 Å². The molecule has 0 fully saturated rings. The zero-order valence-electron chi connectivity index (χ0n) is 31.9. The van der Waals surface area contributed by atoms with Gasteiger partial charge in [0.25, 0.3) is 0 Å². The quantitative estimate of drug-likeness (QED) is 0.0282. The Kier molecular flexibility index (Phi) is 19.1. The van der Waals surface area contributed by atoms with Crippen molar-refractivity contribution in [2.45, 2.75) is 91.9 Å². The van der Waals surface area contributed by atoms with Crippen molar-refractivity contribution < 1.29 is 58.6 Å². The molecule has 0 atom stereocenters. The Hall–Kier alpha value is -4.54. The number of hydrogen-bond acceptors (Lipinski definition) is 15. The Morgan fingerprint density at radius 3 is 1.41 bits per heavy atom. The summed E-state index contributed by atoms with van der Waals surface area (Å²) in [5.41, 5.74) is 0.616. The fourth-order valence-corrected chi connectivity index (χ4v) is 6.69. The van der Waals surface area contributed by atoms with Gasteiger partial charge in [-0.2, -0.15) is 10.5 Å². The number of nitrogens with zero attached hydrogens (tertiary/aromatic N) is 2. The van der Waals surface area contributed by atoms with Crippen molar-refractivity contribution >= 4 is 23.9 Å². The first-order valence-electron chi connectivity index (χ1n) is 18.3. The molecule has 15 nitrogen and oxygen atoms in total. The van der Waals surface area contributed by atoms with E-state index in [2.05, 4.69) is 17.5 Å². The number of ether oxygens (including phenoxy) is 4. The summed E-state index contributed by atoms with van der Waals surface area (Å²) in [4.78, 5) is 51.7. The summed E-state index contributed by atoms with van der Waals surface area (Å²) in [6.07, 6.45) is 6.21. The molecule has 0 saturated heterocycles. The minimum absolute atomic E-state index is 0.156. The van der Waals surface area contributed by atoms with Crippen LogP contribution in [-0.4, -0.2) is 104 Å². The summed E-state index contributed by atoms with van der Waals surface area (Å²) in [6, 6.07) is 4.34. The third-order valence-corrected chi connectivity index (χ3v) is 8.85. The molecule has 0 spiro atoms. The van der Waals surface area contributed by atoms with Crippen LogP contribution in [0.2, 0.25) is 0 Å². The van der Waals surface area contributed by atoms with Gasteiger partial charge in [0.15, 0.2) is 0 Å². The molecule has 2 aliphatic rings. The molecule has 0 aliphatic heterocycles. The third kappa shape index (κ3) is 13.7. The van der Waals surface area contributed by atoms with Crippen molar-refractivity contribution in [2.75, 3.05) is 59.4 Å². The molecule has 0 aromatic rings. The number of esters is 4. The van der Waals surface area contributed by atoms with Gasteiger partial charge in [0.05, 0.1) is 43.6 Å². The molecule has 0 heterocycles. The van der Waals surface area contributed by atoms with Gasteiger partial charge < -0.3 is 44.7 Å². The molecule has 5 N–H and O–H groups in total. The van der Waals surface area contributed by atoms with E-state index in [0.717, 1.165) is 37.7 Å². The second kappa shape index (κ2) is 22.6. The van der Waals surface area contributed by atoms with Crippen LogP contribution in [-0.2, 0) is 38.1 Å². The van der Waals surface area contributed by atoms with Gasteiger partial charge in [-0.05, 0) is 66.9 Å². The molecule has 2 aliphatic carbocycles. The van der Waals surface area contributed by atoms with Crippen LogP contribution < -0.4 is 5.32 Å². The van der Waals surface area contributed by atoms with E-state index in [9.17, 15) is 29.7 Å². The number of carbonyl (C=O) groups excluding carboxylic acids is 4. The van der Waals surface area contributed by atoms with Crippen LogP contribution in [0.25, 0.3) is 0 Å². The Bertz CT molecular complexity index is 1410. The van der Waals surface area contributed by atoms with Gasteiger partial charge in [0, 0.05) is 12.2 Å². The monoisotopic (exact) mass is 757 g/mol. The summed E-state index contributed by atoms with van der Waals surface area (Å²) in [5.74, 6) is -4.03. The normalized spacial score (nSPS) is 16.2. The Balaban J connectivity index is 2.17. The summed E-state index contributed by atoms with van der Waals surface area (Å²) in [6.45, 7) is 5.23. The summed E-state index contributed by atoms with van der Waals surface area (Å²) in [5, 5.41) is 60.2. The minimum atomic E-state index is -1.02. The van der Waals surface area contributed by atoms with Crippen molar-refractivity contribution in [3.05, 3.63) is 44.7 Å². The number of nitriles is 2. The van der Waals surface area contributed by atoms with Crippen LogP contribution in [0, 0.1) is 33.5 Å². The predicted octanol–water partition coefficient (Wildman–Crippen LogP) is 2.89. The molecule has 15 heteroatoms. The van der Waals surface area contributed by atoms with Crippen molar-refractivity contribution in [3.63, 3.8) is 0 Å². The van der Waals surface area contributed by atoms with E-state index in [-0.39, 0.29) is 67.0 Å². The van der Waals surface area contributed by atoms with E-state index in [1.165, 1.54) is 0 Å². The highest BCUT2D eigenvalue weighted by Gasteiger charge is 2.38. The molecule has 0 aromatic carbocycles. The van der Waals surface area contributed by atoms with Gasteiger partial charge in [-0.15, -0.1) is 0 Å². The fourth-order valence-electron chi connectivity index (χ4n) is 6.69. The maximum absolute atomic E-state index is 12.9. The van der Waals surface area contributed by atoms with Gasteiger partial charge in [-0.3, -0.25) is 0 Å². The molecule has 0 unspecified atom stereocenters. The predicted molar refractivity (Wildman–Crippen MR) is 193 cm³/mol. The van der Waals surface area contributed by atoms with Crippen molar-refractivity contribution in [1.29, 1.82) is 10.5 Å². The smallest absolute Gasteiger partial charge is 0.345 e. The molecule has 0 bridgehead atoms. The second-order valence-electron chi connectivity index (χ2n) is 14.7. The Morgan fingerprint density at radius 1 is 0.593 bits per heavy atom. The number of nitrogens with one attached hydrogen (secondary N) is 1. The number of rotatable bonds is 21. The number of aliphatic hydroxyl groups excluding tert-OH is 4. The highest BCUT2D eigenvalue weighted by Crippen LogP contribution is 2.45. The molecule has 54 heavy (non-hydrogen) atoms. The highest BCUT2D eigenvalue weighted by molar-refractivity contribution is 6.16. The zero-order chi connectivity index (χ0) is 40.3. The summed E-state index contributed by atoms with van der Waals surface area (Å²) < 4.78 is 20.2. The van der Waals surface area contributed by atoms with Gasteiger partial charge in [0.1, 0.15) is 43.6 Å². The van der Waals surface area contributed by atoms with Crippen molar-refractivity contribution in [1.82, 2.24) is 5.32 Å². The van der Waals surface area contributed by atoms with Gasteiger partial charge in [0.2, 0.25) is 0 Å². The maximum atomic E-state index is 12.9. The van der Waals surface area contributed by atoms with E-state index >= 15 is 0 Å². The van der Waals surface area contributed by atoms with E-state index < -0.39 is 66.9 Å². The molecule has 298 valence electrons. The summed E-state index contributed by atoms with van der Waals surface area (Å²) in [7, 11) is 0. The summed E-state index contributed by atoms with van der Waals surface area (Å²) >= 11 is 0. The lowest BCUT2D eigenvalue weighted by atomic mass is 9.70. The molecule has 0 radical (unpaired) electrons. The van der Waals surface area contributed by atoms with Crippen LogP contribution in [0.15, 0.2) is 44.7 Å². The number of hydrogen-bond donors (Lipinski definition) is 5. The largest absolute Gasteiger partial charge is 0.459 e. The molecule has 0 amide bonds. The SMILES string of the molecule is CC1(C)CC(CCCCCCCNC2=C(C#N)C(=C(C(=O)OCCO)C(=O)OCCO)CC(C)(C)C2)=C(C#N)C(=C(C(=O)OCCO)C(=O)OCCO)C1. The van der Waals surface area contributed by atoms with Gasteiger partial charge in [-0.1, -0.05) is 52.5 Å². The van der Waals surface area contributed by atoms with Crippen LogP contribution in [0.5, 0.6) is 0 Å². The average molecular weight is 758 g/mol. The third-order valence-electron chi connectivity index (χ3n) is 8.85. The molecule has 0 aromatic heterocycles.